The van der Waals surface area contributed by atoms with Crippen molar-refractivity contribution in [3.8, 4) is 0 Å². The highest BCUT2D eigenvalue weighted by Gasteiger charge is 2.33. The molecule has 0 saturated heterocycles. The number of nitro benzene ring substituents is 1. The number of thioether (sulfide) groups is 1. The highest BCUT2D eigenvalue weighted by Crippen LogP contribution is 2.36. The van der Waals surface area contributed by atoms with Crippen LogP contribution in [0.5, 0.6) is 0 Å². The molecule has 0 radical (unpaired) electrons. The second-order valence-electron chi connectivity index (χ2n) is 5.80. The van der Waals surface area contributed by atoms with Gasteiger partial charge in [0.2, 0.25) is 15.9 Å². The van der Waals surface area contributed by atoms with Crippen LogP contribution in [-0.4, -0.2) is 25.0 Å². The summed E-state index contributed by atoms with van der Waals surface area (Å²) in [6.07, 6.45) is -4.74. The number of nitrogens with two attached hydrogens (primary N) is 1. The molecule has 0 aromatic heterocycles. The average molecular weight is 449 g/mol. The highest BCUT2D eigenvalue weighted by molar-refractivity contribution is 8.00. The van der Waals surface area contributed by atoms with E-state index in [1.165, 1.54) is 19.1 Å². The number of benzene rings is 2. The summed E-state index contributed by atoms with van der Waals surface area (Å²) in [6.45, 7) is 1.52. The quantitative estimate of drug-likeness (QED) is 0.395. The van der Waals surface area contributed by atoms with Gasteiger partial charge in [-0.15, -0.1) is 11.8 Å². The molecule has 0 aliphatic heterocycles. The van der Waals surface area contributed by atoms with E-state index < -0.39 is 38.3 Å². The van der Waals surface area contributed by atoms with Gasteiger partial charge in [0.25, 0.3) is 5.69 Å². The van der Waals surface area contributed by atoms with Gasteiger partial charge in [0, 0.05) is 11.8 Å². The molecule has 2 aromatic rings. The summed E-state index contributed by atoms with van der Waals surface area (Å²) in [5, 5.41) is 18.6. The molecule has 8 nitrogen and oxygen atoms in total. The summed E-state index contributed by atoms with van der Waals surface area (Å²) >= 11 is 0.671. The lowest BCUT2D eigenvalue weighted by molar-refractivity contribution is -0.388. The molecule has 0 fully saturated rings. The minimum Gasteiger partial charge on any atom is -0.325 e. The van der Waals surface area contributed by atoms with Gasteiger partial charge in [-0.25, -0.2) is 13.6 Å². The number of hydrogen-bond acceptors (Lipinski definition) is 6. The number of nitro groups is 1. The molecule has 0 heterocycles. The Bertz CT molecular complexity index is 1070. The standard InChI is InChI=1S/C16H14F3N3O5S2/c1-9-2-4-11(7-14(9)29(20,26)27)21-15(23)8-28-13-5-3-10(16(17,18)19)6-12(13)22(24)25/h2-7H,8H2,1H3,(H,21,23)(H2,20,26,27). The lowest BCUT2D eigenvalue weighted by Crippen LogP contribution is -2.17. The molecule has 2 aromatic carbocycles. The van der Waals surface area contributed by atoms with Crippen molar-refractivity contribution in [3.05, 3.63) is 57.6 Å². The Morgan fingerprint density at radius 3 is 2.45 bits per heavy atom. The number of sulfonamides is 1. The zero-order valence-electron chi connectivity index (χ0n) is 14.7. The smallest absolute Gasteiger partial charge is 0.325 e. The van der Waals surface area contributed by atoms with E-state index in [4.69, 9.17) is 5.14 Å². The minimum atomic E-state index is -4.74. The van der Waals surface area contributed by atoms with Crippen LogP contribution in [0.1, 0.15) is 11.1 Å². The Morgan fingerprint density at radius 2 is 1.90 bits per heavy atom. The van der Waals surface area contributed by atoms with Gasteiger partial charge in [0.15, 0.2) is 0 Å². The molecule has 2 rings (SSSR count). The molecule has 0 spiro atoms. The van der Waals surface area contributed by atoms with Crippen LogP contribution >= 0.6 is 11.8 Å². The monoisotopic (exact) mass is 449 g/mol. The molecule has 0 aliphatic rings. The van der Waals surface area contributed by atoms with Crippen molar-refractivity contribution in [3.63, 3.8) is 0 Å². The van der Waals surface area contributed by atoms with E-state index in [2.05, 4.69) is 5.32 Å². The zero-order valence-corrected chi connectivity index (χ0v) is 16.3. The molecule has 1 amide bonds. The van der Waals surface area contributed by atoms with Crippen molar-refractivity contribution in [2.24, 2.45) is 5.14 Å². The second-order valence-corrected chi connectivity index (χ2v) is 8.35. The Balaban J connectivity index is 2.15. The largest absolute Gasteiger partial charge is 0.416 e. The number of nitrogens with zero attached hydrogens (tertiary/aromatic N) is 1. The molecule has 156 valence electrons. The van der Waals surface area contributed by atoms with Gasteiger partial charge in [-0.3, -0.25) is 14.9 Å². The number of rotatable bonds is 6. The van der Waals surface area contributed by atoms with Crippen molar-refractivity contribution in [2.45, 2.75) is 22.9 Å². The molecule has 13 heteroatoms. The molecule has 0 aliphatic carbocycles. The summed E-state index contributed by atoms with van der Waals surface area (Å²) in [4.78, 5) is 21.9. The van der Waals surface area contributed by atoms with Crippen molar-refractivity contribution in [2.75, 3.05) is 11.1 Å². The molecule has 29 heavy (non-hydrogen) atoms. The zero-order chi connectivity index (χ0) is 22.0. The predicted octanol–water partition coefficient (Wildman–Crippen LogP) is 3.30. The number of carbonyl (C=O) groups excluding carboxylic acids is 1. The number of anilines is 1. The summed E-state index contributed by atoms with van der Waals surface area (Å²) < 4.78 is 61.2. The average Bonchev–Trinajstić information content (AvgIpc) is 2.59. The summed E-state index contributed by atoms with van der Waals surface area (Å²) in [7, 11) is -4.00. The number of alkyl halides is 3. The van der Waals surface area contributed by atoms with E-state index in [0.29, 0.717) is 29.5 Å². The topological polar surface area (TPSA) is 132 Å². The fourth-order valence-corrected chi connectivity index (χ4v) is 3.90. The number of carbonyl (C=O) groups is 1. The van der Waals surface area contributed by atoms with E-state index in [1.54, 1.807) is 0 Å². The molecular weight excluding hydrogens is 435 g/mol. The Kier molecular flexibility index (Phi) is 6.55. The molecular formula is C16H14F3N3O5S2. The van der Waals surface area contributed by atoms with Gasteiger partial charge in [0.05, 0.1) is 26.0 Å². The van der Waals surface area contributed by atoms with Gasteiger partial charge in [-0.1, -0.05) is 6.07 Å². The Morgan fingerprint density at radius 1 is 1.24 bits per heavy atom. The maximum absolute atomic E-state index is 12.7. The van der Waals surface area contributed by atoms with Crippen molar-refractivity contribution in [1.82, 2.24) is 0 Å². The number of hydrogen-bond donors (Lipinski definition) is 2. The molecule has 0 unspecified atom stereocenters. The summed E-state index contributed by atoms with van der Waals surface area (Å²) in [5.74, 6) is -1.00. The van der Waals surface area contributed by atoms with E-state index in [9.17, 15) is 36.5 Å². The van der Waals surface area contributed by atoms with Crippen molar-refractivity contribution >= 4 is 39.1 Å². The third-order valence-electron chi connectivity index (χ3n) is 3.62. The van der Waals surface area contributed by atoms with Gasteiger partial charge < -0.3 is 5.32 Å². The third kappa shape index (κ3) is 5.92. The van der Waals surface area contributed by atoms with E-state index in [-0.39, 0.29) is 21.2 Å². The van der Waals surface area contributed by atoms with E-state index >= 15 is 0 Å². The Labute approximate surface area is 167 Å². The summed E-state index contributed by atoms with van der Waals surface area (Å²) in [5.41, 5.74) is -1.44. The lowest BCUT2D eigenvalue weighted by Gasteiger charge is -2.10. The molecule has 3 N–H and O–H groups in total. The minimum absolute atomic E-state index is 0.118. The maximum atomic E-state index is 12.7. The number of aryl methyl sites for hydroxylation is 1. The first-order chi connectivity index (χ1) is 13.3. The van der Waals surface area contributed by atoms with E-state index in [0.717, 1.165) is 12.1 Å². The number of nitrogens with one attached hydrogen (secondary N) is 1. The van der Waals surface area contributed by atoms with Gasteiger partial charge >= 0.3 is 6.18 Å². The number of amides is 1. The fraction of sp³-hybridized carbons (Fsp3) is 0.188. The van der Waals surface area contributed by atoms with Crippen LogP contribution in [0.4, 0.5) is 24.5 Å². The maximum Gasteiger partial charge on any atom is 0.416 e. The van der Waals surface area contributed by atoms with Gasteiger partial charge in [-0.2, -0.15) is 13.2 Å². The Hall–Kier alpha value is -2.64. The molecule has 0 atom stereocenters. The molecule has 0 saturated carbocycles. The first kappa shape index (κ1) is 22.6. The van der Waals surface area contributed by atoms with Crippen LogP contribution in [-0.2, 0) is 21.0 Å². The number of primary sulfonamides is 1. The SMILES string of the molecule is Cc1ccc(NC(=O)CSc2ccc(C(F)(F)F)cc2[N+](=O)[O-])cc1S(N)(=O)=O. The van der Waals surface area contributed by atoms with Crippen LogP contribution in [0.3, 0.4) is 0 Å². The highest BCUT2D eigenvalue weighted by atomic mass is 32.2. The normalized spacial score (nSPS) is 11.9. The third-order valence-corrected chi connectivity index (χ3v) is 5.74. The summed E-state index contributed by atoms with van der Waals surface area (Å²) in [6, 6.07) is 6.04. The van der Waals surface area contributed by atoms with E-state index in [1.807, 2.05) is 0 Å². The predicted molar refractivity (Wildman–Crippen MR) is 100 cm³/mol. The van der Waals surface area contributed by atoms with Crippen LogP contribution < -0.4 is 10.5 Å². The van der Waals surface area contributed by atoms with Crippen molar-refractivity contribution < 1.29 is 31.3 Å². The first-order valence-electron chi connectivity index (χ1n) is 7.71. The van der Waals surface area contributed by atoms with Crippen LogP contribution in [0, 0.1) is 17.0 Å². The van der Waals surface area contributed by atoms with Crippen LogP contribution in [0.15, 0.2) is 46.2 Å². The fourth-order valence-electron chi connectivity index (χ4n) is 2.28. The number of halogens is 3. The van der Waals surface area contributed by atoms with Gasteiger partial charge in [0.1, 0.15) is 0 Å². The molecule has 0 bridgehead atoms. The van der Waals surface area contributed by atoms with Crippen LogP contribution in [0.25, 0.3) is 0 Å². The first-order valence-corrected chi connectivity index (χ1v) is 10.2. The second kappa shape index (κ2) is 8.39. The van der Waals surface area contributed by atoms with Crippen LogP contribution in [0.2, 0.25) is 0 Å². The van der Waals surface area contributed by atoms with Gasteiger partial charge in [-0.05, 0) is 36.8 Å². The lowest BCUT2D eigenvalue weighted by atomic mass is 10.2. The van der Waals surface area contributed by atoms with Crippen molar-refractivity contribution in [1.29, 1.82) is 0 Å².